The van der Waals surface area contributed by atoms with Crippen molar-refractivity contribution in [2.24, 2.45) is 10.7 Å². The van der Waals surface area contributed by atoms with E-state index in [-0.39, 0.29) is 11.8 Å². The van der Waals surface area contributed by atoms with Crippen LogP contribution in [0.2, 0.25) is 0 Å². The van der Waals surface area contributed by atoms with E-state index in [1.807, 2.05) is 37.3 Å². The number of hydrogen-bond acceptors (Lipinski definition) is 2. The van der Waals surface area contributed by atoms with Gasteiger partial charge in [0.15, 0.2) is 0 Å². The molecule has 22 heavy (non-hydrogen) atoms. The van der Waals surface area contributed by atoms with Gasteiger partial charge in [0.25, 0.3) is 5.91 Å². The van der Waals surface area contributed by atoms with E-state index in [0.717, 1.165) is 5.69 Å². The fourth-order valence-electron chi connectivity index (χ4n) is 2.11. The summed E-state index contributed by atoms with van der Waals surface area (Å²) in [6.07, 6.45) is 0. The number of anilines is 1. The van der Waals surface area contributed by atoms with Crippen LogP contribution < -0.4 is 10.6 Å². The number of hydrogen-bond donors (Lipinski definition) is 1. The summed E-state index contributed by atoms with van der Waals surface area (Å²) in [5.41, 5.74) is 7.68. The first kappa shape index (κ1) is 16.0. The molecule has 2 N–H and O–H groups in total. The molecule has 2 aromatic carbocycles. The molecule has 0 saturated carbocycles. The van der Waals surface area contributed by atoms with Crippen LogP contribution in [0.15, 0.2) is 59.6 Å². The van der Waals surface area contributed by atoms with Gasteiger partial charge in [-0.25, -0.2) is 4.99 Å². The van der Waals surface area contributed by atoms with E-state index in [1.54, 1.807) is 29.2 Å². The third-order valence-corrected chi connectivity index (χ3v) is 3.41. The number of nitrogens with zero attached hydrogens (tertiary/aromatic N) is 2. The zero-order chi connectivity index (χ0) is 15.9. The van der Waals surface area contributed by atoms with E-state index in [4.69, 9.17) is 17.3 Å². The van der Waals surface area contributed by atoms with E-state index in [2.05, 4.69) is 4.99 Å². The molecule has 5 heteroatoms. The van der Waals surface area contributed by atoms with Gasteiger partial charge in [-0.2, -0.15) is 0 Å². The number of aliphatic imine (C=N–C) groups is 1. The predicted molar refractivity (Wildman–Crippen MR) is 92.2 cm³/mol. The smallest absolute Gasteiger partial charge is 0.258 e. The Morgan fingerprint density at radius 2 is 1.91 bits per heavy atom. The molecule has 0 aliphatic carbocycles. The molecule has 0 aromatic heterocycles. The van der Waals surface area contributed by atoms with Crippen molar-refractivity contribution in [2.45, 2.75) is 6.92 Å². The molecule has 0 spiro atoms. The SMILES string of the molecule is CCN(C(=O)c1cccc(N=C(N)CCl)c1)c1ccccc1. The Bertz CT molecular complexity index is 671. The Morgan fingerprint density at radius 1 is 1.18 bits per heavy atom. The molecule has 114 valence electrons. The van der Waals surface area contributed by atoms with Gasteiger partial charge in [0.1, 0.15) is 5.84 Å². The standard InChI is InChI=1S/C17H18ClN3O/c1-2-21(15-9-4-3-5-10-15)17(22)13-7-6-8-14(11-13)20-16(19)12-18/h3-11H,2,12H2,1H3,(H2,19,20). The Balaban J connectivity index is 2.30. The minimum absolute atomic E-state index is 0.0739. The molecule has 0 atom stereocenters. The number of nitrogens with two attached hydrogens (primary N) is 1. The number of benzene rings is 2. The predicted octanol–water partition coefficient (Wildman–Crippen LogP) is 3.58. The maximum absolute atomic E-state index is 12.7. The fraction of sp³-hybridized carbons (Fsp3) is 0.176. The molecule has 0 heterocycles. The monoisotopic (exact) mass is 315 g/mol. The van der Waals surface area contributed by atoms with Gasteiger partial charge in [0.2, 0.25) is 0 Å². The van der Waals surface area contributed by atoms with Crippen molar-refractivity contribution in [1.82, 2.24) is 0 Å². The number of amidine groups is 1. The van der Waals surface area contributed by atoms with Gasteiger partial charge in [0.05, 0.1) is 11.6 Å². The van der Waals surface area contributed by atoms with E-state index in [9.17, 15) is 4.79 Å². The number of amides is 1. The van der Waals surface area contributed by atoms with E-state index >= 15 is 0 Å². The first-order valence-electron chi connectivity index (χ1n) is 7.01. The summed E-state index contributed by atoms with van der Waals surface area (Å²) >= 11 is 5.63. The molecule has 0 fully saturated rings. The number of halogens is 1. The van der Waals surface area contributed by atoms with Crippen molar-refractivity contribution in [1.29, 1.82) is 0 Å². The molecule has 0 saturated heterocycles. The maximum atomic E-state index is 12.7. The Morgan fingerprint density at radius 3 is 2.55 bits per heavy atom. The summed E-state index contributed by atoms with van der Waals surface area (Å²) < 4.78 is 0. The summed E-state index contributed by atoms with van der Waals surface area (Å²) in [4.78, 5) is 18.6. The highest BCUT2D eigenvalue weighted by molar-refractivity contribution is 6.28. The minimum atomic E-state index is -0.0739. The first-order valence-corrected chi connectivity index (χ1v) is 7.55. The van der Waals surface area contributed by atoms with Crippen LogP contribution in [0.4, 0.5) is 11.4 Å². The van der Waals surface area contributed by atoms with Crippen LogP contribution in [0.25, 0.3) is 0 Å². The highest BCUT2D eigenvalue weighted by Crippen LogP contribution is 2.20. The molecule has 4 nitrogen and oxygen atoms in total. The Hall–Kier alpha value is -2.33. The second kappa shape index (κ2) is 7.61. The van der Waals surface area contributed by atoms with Crippen LogP contribution in [-0.4, -0.2) is 24.2 Å². The van der Waals surface area contributed by atoms with Crippen LogP contribution in [0, 0.1) is 0 Å². The summed E-state index contributed by atoms with van der Waals surface area (Å²) in [6.45, 7) is 2.53. The highest BCUT2D eigenvalue weighted by Gasteiger charge is 2.16. The van der Waals surface area contributed by atoms with E-state index < -0.39 is 0 Å². The molecular weight excluding hydrogens is 298 g/mol. The van der Waals surface area contributed by atoms with Gasteiger partial charge >= 0.3 is 0 Å². The highest BCUT2D eigenvalue weighted by atomic mass is 35.5. The topological polar surface area (TPSA) is 58.7 Å². The molecule has 0 aliphatic rings. The molecular formula is C17H18ClN3O. The zero-order valence-electron chi connectivity index (χ0n) is 12.4. The van der Waals surface area contributed by atoms with Gasteiger partial charge in [-0.05, 0) is 37.3 Å². The van der Waals surface area contributed by atoms with Crippen molar-refractivity contribution < 1.29 is 4.79 Å². The van der Waals surface area contributed by atoms with Crippen molar-refractivity contribution in [3.05, 3.63) is 60.2 Å². The summed E-state index contributed by atoms with van der Waals surface area (Å²) in [5, 5.41) is 0. The van der Waals surface area contributed by atoms with Gasteiger partial charge in [-0.3, -0.25) is 4.79 Å². The van der Waals surface area contributed by atoms with Crippen LogP contribution in [0.3, 0.4) is 0 Å². The molecule has 1 amide bonds. The number of carbonyl (C=O) groups is 1. The van der Waals surface area contributed by atoms with Crippen LogP contribution in [0.5, 0.6) is 0 Å². The normalized spacial score (nSPS) is 11.3. The molecule has 2 aromatic rings. The van der Waals surface area contributed by atoms with Crippen molar-refractivity contribution in [3.8, 4) is 0 Å². The van der Waals surface area contributed by atoms with Gasteiger partial charge < -0.3 is 10.6 Å². The lowest BCUT2D eigenvalue weighted by Gasteiger charge is -2.21. The van der Waals surface area contributed by atoms with Crippen LogP contribution in [-0.2, 0) is 0 Å². The summed E-state index contributed by atoms with van der Waals surface area (Å²) in [5.74, 6) is 0.403. The molecule has 0 aliphatic heterocycles. The number of alkyl halides is 1. The third kappa shape index (κ3) is 3.86. The summed E-state index contributed by atoms with van der Waals surface area (Å²) in [6, 6.07) is 16.6. The van der Waals surface area contributed by atoms with E-state index in [1.165, 1.54) is 0 Å². The van der Waals surface area contributed by atoms with Gasteiger partial charge in [-0.15, -0.1) is 11.6 Å². The third-order valence-electron chi connectivity index (χ3n) is 3.13. The lowest BCUT2D eigenvalue weighted by molar-refractivity contribution is 0.0988. The van der Waals surface area contributed by atoms with Gasteiger partial charge in [0, 0.05) is 17.8 Å². The second-order valence-electron chi connectivity index (χ2n) is 4.67. The molecule has 2 rings (SSSR count). The molecule has 0 radical (unpaired) electrons. The molecule has 0 unspecified atom stereocenters. The minimum Gasteiger partial charge on any atom is -0.386 e. The number of para-hydroxylation sites is 1. The zero-order valence-corrected chi connectivity index (χ0v) is 13.1. The largest absolute Gasteiger partial charge is 0.386 e. The number of carbonyl (C=O) groups excluding carboxylic acids is 1. The number of rotatable bonds is 5. The lowest BCUT2D eigenvalue weighted by Crippen LogP contribution is -2.30. The van der Waals surface area contributed by atoms with Crippen molar-refractivity contribution in [2.75, 3.05) is 17.3 Å². The fourth-order valence-corrected chi connectivity index (χ4v) is 2.17. The summed E-state index contributed by atoms with van der Waals surface area (Å²) in [7, 11) is 0. The second-order valence-corrected chi connectivity index (χ2v) is 4.94. The van der Waals surface area contributed by atoms with Crippen molar-refractivity contribution in [3.63, 3.8) is 0 Å². The van der Waals surface area contributed by atoms with Crippen molar-refractivity contribution >= 4 is 34.7 Å². The van der Waals surface area contributed by atoms with Crippen LogP contribution >= 0.6 is 11.6 Å². The van der Waals surface area contributed by atoms with Gasteiger partial charge in [-0.1, -0.05) is 24.3 Å². The van der Waals surface area contributed by atoms with E-state index in [0.29, 0.717) is 23.6 Å². The average Bonchev–Trinajstić information content (AvgIpc) is 2.56. The molecule has 0 bridgehead atoms. The quantitative estimate of drug-likeness (QED) is 0.521. The average molecular weight is 316 g/mol. The first-order chi connectivity index (χ1) is 10.7. The maximum Gasteiger partial charge on any atom is 0.258 e. The lowest BCUT2D eigenvalue weighted by atomic mass is 10.1. The Kier molecular flexibility index (Phi) is 5.55. The Labute approximate surface area is 135 Å². The van der Waals surface area contributed by atoms with Crippen LogP contribution in [0.1, 0.15) is 17.3 Å².